The summed E-state index contributed by atoms with van der Waals surface area (Å²) in [4.78, 5) is 16.7. The topological polar surface area (TPSA) is 53.0 Å². The van der Waals surface area contributed by atoms with Crippen molar-refractivity contribution in [2.45, 2.75) is 52.3 Å². The Morgan fingerprint density at radius 2 is 1.86 bits per heavy atom. The standard InChI is InChI=1S/C24H32N2O3/c1-17-5-7-20(8-6-17)15-21-16-23(29-4)9-10-24(21)26(19(3)28)22-11-13-25(14-12-22)18(2)27/h5-10,16,18,22,27H,11-15H2,1-4H3. The van der Waals surface area contributed by atoms with Crippen molar-refractivity contribution < 1.29 is 14.6 Å². The van der Waals surface area contributed by atoms with Crippen molar-refractivity contribution in [3.63, 3.8) is 0 Å². The fourth-order valence-electron chi connectivity index (χ4n) is 4.13. The minimum Gasteiger partial charge on any atom is -0.497 e. The molecule has 1 atom stereocenters. The highest BCUT2D eigenvalue weighted by molar-refractivity contribution is 5.93. The monoisotopic (exact) mass is 396 g/mol. The van der Waals surface area contributed by atoms with E-state index in [9.17, 15) is 9.90 Å². The van der Waals surface area contributed by atoms with Crippen LogP contribution in [0, 0.1) is 6.92 Å². The Morgan fingerprint density at radius 1 is 1.21 bits per heavy atom. The van der Waals surface area contributed by atoms with Gasteiger partial charge in [-0.05, 0) is 62.4 Å². The summed E-state index contributed by atoms with van der Waals surface area (Å²) in [5, 5.41) is 9.85. The largest absolute Gasteiger partial charge is 0.497 e. The molecule has 0 bridgehead atoms. The molecule has 3 rings (SSSR count). The lowest BCUT2D eigenvalue weighted by atomic mass is 9.97. The zero-order chi connectivity index (χ0) is 21.0. The van der Waals surface area contributed by atoms with Crippen molar-refractivity contribution in [3.05, 3.63) is 59.2 Å². The van der Waals surface area contributed by atoms with Crippen molar-refractivity contribution in [1.29, 1.82) is 0 Å². The summed E-state index contributed by atoms with van der Waals surface area (Å²) in [5.74, 6) is 0.846. The highest BCUT2D eigenvalue weighted by Crippen LogP contribution is 2.32. The van der Waals surface area contributed by atoms with E-state index in [0.717, 1.165) is 49.4 Å². The van der Waals surface area contributed by atoms with Crippen LogP contribution in [0.1, 0.15) is 43.4 Å². The first-order valence-electron chi connectivity index (χ1n) is 10.3. The Kier molecular flexibility index (Phi) is 6.93. The fraction of sp³-hybridized carbons (Fsp3) is 0.458. The Hall–Kier alpha value is -2.37. The molecule has 1 amide bonds. The number of hydrogen-bond donors (Lipinski definition) is 1. The number of carbonyl (C=O) groups excluding carboxylic acids is 1. The van der Waals surface area contributed by atoms with E-state index in [1.807, 2.05) is 23.1 Å². The summed E-state index contributed by atoms with van der Waals surface area (Å²) < 4.78 is 5.45. The van der Waals surface area contributed by atoms with Gasteiger partial charge in [0.15, 0.2) is 0 Å². The fourth-order valence-corrected chi connectivity index (χ4v) is 4.13. The number of anilines is 1. The lowest BCUT2D eigenvalue weighted by Crippen LogP contribution is -2.49. The van der Waals surface area contributed by atoms with Crippen LogP contribution in [-0.2, 0) is 11.2 Å². The summed E-state index contributed by atoms with van der Waals surface area (Å²) in [6.45, 7) is 7.09. The number of rotatable bonds is 6. The Balaban J connectivity index is 1.91. The van der Waals surface area contributed by atoms with Crippen LogP contribution in [0.4, 0.5) is 5.69 Å². The number of amides is 1. The lowest BCUT2D eigenvalue weighted by molar-refractivity contribution is -0.117. The molecule has 2 aromatic rings. The molecular formula is C24H32N2O3. The van der Waals surface area contributed by atoms with Gasteiger partial charge in [0.25, 0.3) is 0 Å². The summed E-state index contributed by atoms with van der Waals surface area (Å²) in [7, 11) is 1.67. The van der Waals surface area contributed by atoms with Gasteiger partial charge >= 0.3 is 0 Å². The van der Waals surface area contributed by atoms with Crippen LogP contribution in [0.5, 0.6) is 5.75 Å². The Bertz CT molecular complexity index is 825. The highest BCUT2D eigenvalue weighted by Gasteiger charge is 2.30. The first-order chi connectivity index (χ1) is 13.9. The minimum absolute atomic E-state index is 0.0517. The predicted molar refractivity (Wildman–Crippen MR) is 116 cm³/mol. The van der Waals surface area contributed by atoms with Crippen molar-refractivity contribution in [2.75, 3.05) is 25.1 Å². The molecule has 0 aromatic heterocycles. The zero-order valence-corrected chi connectivity index (χ0v) is 17.9. The number of carbonyl (C=O) groups is 1. The molecule has 1 N–H and O–H groups in total. The van der Waals surface area contributed by atoms with E-state index in [4.69, 9.17) is 4.74 Å². The molecule has 156 valence electrons. The normalized spacial score (nSPS) is 16.4. The maximum atomic E-state index is 12.7. The maximum Gasteiger partial charge on any atom is 0.224 e. The van der Waals surface area contributed by atoms with Gasteiger partial charge in [-0.1, -0.05) is 29.8 Å². The van der Waals surface area contributed by atoms with Crippen LogP contribution < -0.4 is 9.64 Å². The molecular weight excluding hydrogens is 364 g/mol. The molecule has 1 unspecified atom stereocenters. The van der Waals surface area contributed by atoms with Gasteiger partial charge in [-0.2, -0.15) is 0 Å². The SMILES string of the molecule is COc1ccc(N(C(C)=O)C2CCN(C(C)O)CC2)c(Cc2ccc(C)cc2)c1. The molecule has 0 radical (unpaired) electrons. The van der Waals surface area contributed by atoms with Gasteiger partial charge in [0.05, 0.1) is 7.11 Å². The van der Waals surface area contributed by atoms with E-state index in [1.54, 1.807) is 21.0 Å². The van der Waals surface area contributed by atoms with Crippen molar-refractivity contribution in [3.8, 4) is 5.75 Å². The second-order valence-electron chi connectivity index (χ2n) is 7.95. The van der Waals surface area contributed by atoms with E-state index in [2.05, 4.69) is 36.1 Å². The highest BCUT2D eigenvalue weighted by atomic mass is 16.5. The van der Waals surface area contributed by atoms with Gasteiger partial charge in [-0.25, -0.2) is 0 Å². The summed E-state index contributed by atoms with van der Waals surface area (Å²) in [5.41, 5.74) is 4.48. The lowest BCUT2D eigenvalue weighted by Gasteiger charge is -2.39. The number of aryl methyl sites for hydroxylation is 1. The second kappa shape index (κ2) is 9.42. The number of likely N-dealkylation sites (tertiary alicyclic amines) is 1. The number of ether oxygens (including phenoxy) is 1. The summed E-state index contributed by atoms with van der Waals surface area (Å²) >= 11 is 0. The predicted octanol–water partition coefficient (Wildman–Crippen LogP) is 3.75. The Labute approximate surface area is 173 Å². The van der Waals surface area contributed by atoms with Gasteiger partial charge in [0, 0.05) is 31.7 Å². The Morgan fingerprint density at radius 3 is 2.41 bits per heavy atom. The van der Waals surface area contributed by atoms with Crippen molar-refractivity contribution >= 4 is 11.6 Å². The van der Waals surface area contributed by atoms with E-state index in [-0.39, 0.29) is 11.9 Å². The van der Waals surface area contributed by atoms with E-state index < -0.39 is 6.23 Å². The van der Waals surface area contributed by atoms with Crippen LogP contribution in [0.15, 0.2) is 42.5 Å². The molecule has 1 aliphatic rings. The van der Waals surface area contributed by atoms with Crippen molar-refractivity contribution in [1.82, 2.24) is 4.90 Å². The third-order valence-electron chi connectivity index (χ3n) is 5.79. The summed E-state index contributed by atoms with van der Waals surface area (Å²) in [6, 6.07) is 14.6. The summed E-state index contributed by atoms with van der Waals surface area (Å²) in [6.07, 6.45) is 1.99. The zero-order valence-electron chi connectivity index (χ0n) is 17.9. The van der Waals surface area contributed by atoms with Crippen LogP contribution in [-0.4, -0.2) is 48.4 Å². The number of nitrogens with zero attached hydrogens (tertiary/aromatic N) is 2. The number of hydrogen-bond acceptors (Lipinski definition) is 4. The molecule has 1 aliphatic heterocycles. The quantitative estimate of drug-likeness (QED) is 0.808. The number of benzene rings is 2. The molecule has 2 aromatic carbocycles. The van der Waals surface area contributed by atoms with Crippen molar-refractivity contribution in [2.24, 2.45) is 0 Å². The first kappa shape index (κ1) is 21.3. The molecule has 0 aliphatic carbocycles. The molecule has 1 fully saturated rings. The third kappa shape index (κ3) is 5.17. The molecule has 29 heavy (non-hydrogen) atoms. The number of aliphatic hydroxyl groups excluding tert-OH is 1. The second-order valence-corrected chi connectivity index (χ2v) is 7.95. The van der Waals surface area contributed by atoms with Crippen LogP contribution in [0.2, 0.25) is 0 Å². The average molecular weight is 397 g/mol. The first-order valence-corrected chi connectivity index (χ1v) is 10.3. The third-order valence-corrected chi connectivity index (χ3v) is 5.79. The van der Waals surface area contributed by atoms with Gasteiger partial charge in [0.2, 0.25) is 5.91 Å². The van der Waals surface area contributed by atoms with Gasteiger partial charge in [-0.3, -0.25) is 9.69 Å². The average Bonchev–Trinajstić information content (AvgIpc) is 2.71. The van der Waals surface area contributed by atoms with E-state index in [0.29, 0.717) is 0 Å². The van der Waals surface area contributed by atoms with Gasteiger partial charge < -0.3 is 14.7 Å². The van der Waals surface area contributed by atoms with Crippen LogP contribution >= 0.6 is 0 Å². The molecule has 0 spiro atoms. The van der Waals surface area contributed by atoms with E-state index >= 15 is 0 Å². The van der Waals surface area contributed by atoms with Crippen LogP contribution in [0.3, 0.4) is 0 Å². The number of piperidine rings is 1. The molecule has 5 nitrogen and oxygen atoms in total. The molecule has 1 saturated heterocycles. The maximum absolute atomic E-state index is 12.7. The smallest absolute Gasteiger partial charge is 0.224 e. The van der Waals surface area contributed by atoms with Crippen LogP contribution in [0.25, 0.3) is 0 Å². The number of methoxy groups -OCH3 is 1. The molecule has 0 saturated carbocycles. The molecule has 1 heterocycles. The minimum atomic E-state index is -0.445. The van der Waals surface area contributed by atoms with E-state index in [1.165, 1.54) is 11.1 Å². The van der Waals surface area contributed by atoms with Gasteiger partial charge in [0.1, 0.15) is 12.0 Å². The van der Waals surface area contributed by atoms with Gasteiger partial charge in [-0.15, -0.1) is 0 Å². The molecule has 5 heteroatoms. The number of aliphatic hydroxyl groups is 1.